The van der Waals surface area contributed by atoms with Gasteiger partial charge in [-0.1, -0.05) is 0 Å². The lowest BCUT2D eigenvalue weighted by Gasteiger charge is -2.10. The quantitative estimate of drug-likeness (QED) is 0.891. The molecule has 0 unspecified atom stereocenters. The summed E-state index contributed by atoms with van der Waals surface area (Å²) in [4.78, 5) is 4.17. The standard InChI is InChI=1S/C11H11NO3S/c1-14-9-6-7(11-12-3-4-16-11)5-8(13)10(9)15-2/h3-6,13H,1-2H3. The van der Waals surface area contributed by atoms with Gasteiger partial charge in [0.05, 0.1) is 14.2 Å². The molecule has 0 amide bonds. The number of rotatable bonds is 3. The van der Waals surface area contributed by atoms with E-state index in [1.54, 1.807) is 18.3 Å². The van der Waals surface area contributed by atoms with Crippen molar-refractivity contribution in [2.24, 2.45) is 0 Å². The molecule has 1 N–H and O–H groups in total. The second-order valence-electron chi connectivity index (χ2n) is 3.07. The van der Waals surface area contributed by atoms with Crippen LogP contribution >= 0.6 is 11.3 Å². The molecule has 0 bridgehead atoms. The number of aromatic hydroxyl groups is 1. The first kappa shape index (κ1) is 10.8. The van der Waals surface area contributed by atoms with Gasteiger partial charge in [-0.15, -0.1) is 11.3 Å². The second-order valence-corrected chi connectivity index (χ2v) is 3.96. The van der Waals surface area contributed by atoms with Crippen LogP contribution in [0.15, 0.2) is 23.7 Å². The monoisotopic (exact) mass is 237 g/mol. The Bertz CT molecular complexity index is 482. The molecule has 84 valence electrons. The van der Waals surface area contributed by atoms with Crippen LogP contribution in [-0.4, -0.2) is 24.3 Å². The lowest BCUT2D eigenvalue weighted by molar-refractivity contribution is 0.333. The fourth-order valence-electron chi connectivity index (χ4n) is 1.43. The van der Waals surface area contributed by atoms with E-state index in [4.69, 9.17) is 9.47 Å². The van der Waals surface area contributed by atoms with E-state index in [1.807, 2.05) is 5.38 Å². The van der Waals surface area contributed by atoms with Gasteiger partial charge in [-0.05, 0) is 12.1 Å². The molecule has 4 nitrogen and oxygen atoms in total. The normalized spacial score (nSPS) is 10.1. The molecule has 5 heteroatoms. The van der Waals surface area contributed by atoms with Crippen molar-refractivity contribution in [3.8, 4) is 27.8 Å². The minimum absolute atomic E-state index is 0.0482. The van der Waals surface area contributed by atoms with E-state index in [-0.39, 0.29) is 5.75 Å². The molecular formula is C11H11NO3S. The molecule has 1 aromatic heterocycles. The van der Waals surface area contributed by atoms with E-state index < -0.39 is 0 Å². The second kappa shape index (κ2) is 4.40. The fourth-order valence-corrected chi connectivity index (χ4v) is 2.06. The van der Waals surface area contributed by atoms with Crippen LogP contribution in [0.2, 0.25) is 0 Å². The maximum atomic E-state index is 9.77. The predicted octanol–water partition coefficient (Wildman–Crippen LogP) is 2.53. The third-order valence-corrected chi connectivity index (χ3v) is 2.96. The number of hydrogen-bond donors (Lipinski definition) is 1. The van der Waals surface area contributed by atoms with Crippen molar-refractivity contribution < 1.29 is 14.6 Å². The molecule has 0 aliphatic rings. The minimum Gasteiger partial charge on any atom is -0.504 e. The zero-order valence-corrected chi connectivity index (χ0v) is 9.75. The van der Waals surface area contributed by atoms with Gasteiger partial charge in [0.15, 0.2) is 11.5 Å². The molecule has 0 fully saturated rings. The summed E-state index contributed by atoms with van der Waals surface area (Å²) < 4.78 is 10.2. The van der Waals surface area contributed by atoms with Crippen LogP contribution in [-0.2, 0) is 0 Å². The molecule has 0 atom stereocenters. The number of thiazole rings is 1. The van der Waals surface area contributed by atoms with Gasteiger partial charge in [-0.3, -0.25) is 0 Å². The van der Waals surface area contributed by atoms with Crippen LogP contribution in [0.5, 0.6) is 17.2 Å². The first-order chi connectivity index (χ1) is 7.76. The third kappa shape index (κ3) is 1.81. The first-order valence-corrected chi connectivity index (χ1v) is 5.49. The number of phenols is 1. The van der Waals surface area contributed by atoms with Crippen LogP contribution in [0.1, 0.15) is 0 Å². The number of ether oxygens (including phenoxy) is 2. The van der Waals surface area contributed by atoms with Crippen LogP contribution in [0, 0.1) is 0 Å². The van der Waals surface area contributed by atoms with Crippen molar-refractivity contribution in [3.63, 3.8) is 0 Å². The molecule has 0 aliphatic carbocycles. The number of phenolic OH excluding ortho intramolecular Hbond substituents is 1. The van der Waals surface area contributed by atoms with Gasteiger partial charge in [0, 0.05) is 17.1 Å². The maximum Gasteiger partial charge on any atom is 0.203 e. The van der Waals surface area contributed by atoms with Crippen LogP contribution < -0.4 is 9.47 Å². The van der Waals surface area contributed by atoms with E-state index in [9.17, 15) is 5.11 Å². The lowest BCUT2D eigenvalue weighted by atomic mass is 10.2. The zero-order valence-electron chi connectivity index (χ0n) is 8.93. The van der Waals surface area contributed by atoms with Gasteiger partial charge in [0.25, 0.3) is 0 Å². The number of nitrogens with zero attached hydrogens (tertiary/aromatic N) is 1. The minimum atomic E-state index is 0.0482. The highest BCUT2D eigenvalue weighted by molar-refractivity contribution is 7.13. The summed E-state index contributed by atoms with van der Waals surface area (Å²) in [6.07, 6.45) is 1.72. The highest BCUT2D eigenvalue weighted by Crippen LogP contribution is 2.40. The summed E-state index contributed by atoms with van der Waals surface area (Å²) in [5.41, 5.74) is 0.810. The molecule has 1 heterocycles. The lowest BCUT2D eigenvalue weighted by Crippen LogP contribution is -1.91. The van der Waals surface area contributed by atoms with E-state index in [2.05, 4.69) is 4.98 Å². The highest BCUT2D eigenvalue weighted by Gasteiger charge is 2.13. The van der Waals surface area contributed by atoms with Gasteiger partial charge in [-0.25, -0.2) is 4.98 Å². The smallest absolute Gasteiger partial charge is 0.203 e. The summed E-state index contributed by atoms with van der Waals surface area (Å²) in [6.45, 7) is 0. The molecule has 0 radical (unpaired) electrons. The highest BCUT2D eigenvalue weighted by atomic mass is 32.1. The molecule has 1 aromatic carbocycles. The Labute approximate surface area is 97.1 Å². The Morgan fingerprint density at radius 2 is 2.06 bits per heavy atom. The molecule has 0 aliphatic heterocycles. The van der Waals surface area contributed by atoms with E-state index in [0.29, 0.717) is 11.5 Å². The SMILES string of the molecule is COc1cc(-c2nccs2)cc(O)c1OC. The summed E-state index contributed by atoms with van der Waals surface area (Å²) in [5.74, 6) is 0.877. The van der Waals surface area contributed by atoms with Crippen molar-refractivity contribution in [1.82, 2.24) is 4.98 Å². The van der Waals surface area contributed by atoms with Crippen LogP contribution in [0.3, 0.4) is 0 Å². The van der Waals surface area contributed by atoms with Crippen molar-refractivity contribution >= 4 is 11.3 Å². The van der Waals surface area contributed by atoms with E-state index in [0.717, 1.165) is 10.6 Å². The van der Waals surface area contributed by atoms with Crippen molar-refractivity contribution in [3.05, 3.63) is 23.7 Å². The molecule has 2 rings (SSSR count). The number of methoxy groups -OCH3 is 2. The Kier molecular flexibility index (Phi) is 2.96. The average molecular weight is 237 g/mol. The van der Waals surface area contributed by atoms with E-state index >= 15 is 0 Å². The van der Waals surface area contributed by atoms with Gasteiger partial charge in [-0.2, -0.15) is 0 Å². The van der Waals surface area contributed by atoms with E-state index in [1.165, 1.54) is 25.6 Å². The van der Waals surface area contributed by atoms with Crippen molar-refractivity contribution in [2.45, 2.75) is 0 Å². The summed E-state index contributed by atoms with van der Waals surface area (Å²) >= 11 is 1.50. The number of hydrogen-bond acceptors (Lipinski definition) is 5. The molecule has 0 saturated carbocycles. The largest absolute Gasteiger partial charge is 0.504 e. The predicted molar refractivity (Wildman–Crippen MR) is 62.3 cm³/mol. The van der Waals surface area contributed by atoms with Gasteiger partial charge < -0.3 is 14.6 Å². The number of aromatic nitrogens is 1. The molecule has 2 aromatic rings. The van der Waals surface area contributed by atoms with Crippen LogP contribution in [0.4, 0.5) is 0 Å². The summed E-state index contributed by atoms with van der Waals surface area (Å²) in [7, 11) is 3.02. The van der Waals surface area contributed by atoms with Gasteiger partial charge in [0.2, 0.25) is 5.75 Å². The Morgan fingerprint density at radius 1 is 1.25 bits per heavy atom. The zero-order chi connectivity index (χ0) is 11.5. The van der Waals surface area contributed by atoms with Crippen molar-refractivity contribution in [2.75, 3.05) is 14.2 Å². The van der Waals surface area contributed by atoms with Crippen molar-refractivity contribution in [1.29, 1.82) is 0 Å². The topological polar surface area (TPSA) is 51.6 Å². The third-order valence-electron chi connectivity index (χ3n) is 2.14. The molecule has 0 spiro atoms. The average Bonchev–Trinajstić information content (AvgIpc) is 2.81. The molecular weight excluding hydrogens is 226 g/mol. The Hall–Kier alpha value is -1.75. The van der Waals surface area contributed by atoms with Gasteiger partial charge >= 0.3 is 0 Å². The molecule has 0 saturated heterocycles. The van der Waals surface area contributed by atoms with Crippen LogP contribution in [0.25, 0.3) is 10.6 Å². The first-order valence-electron chi connectivity index (χ1n) is 4.61. The summed E-state index contributed by atoms with van der Waals surface area (Å²) in [6, 6.07) is 3.40. The summed E-state index contributed by atoms with van der Waals surface area (Å²) in [5, 5.41) is 12.5. The van der Waals surface area contributed by atoms with Gasteiger partial charge in [0.1, 0.15) is 5.01 Å². The maximum absolute atomic E-state index is 9.77. The Morgan fingerprint density at radius 3 is 2.62 bits per heavy atom. The molecule has 16 heavy (non-hydrogen) atoms. The fraction of sp³-hybridized carbons (Fsp3) is 0.182. The number of benzene rings is 1. The Balaban J connectivity index is 2.54.